The van der Waals surface area contributed by atoms with Crippen LogP contribution in [0, 0.1) is 0 Å². The summed E-state index contributed by atoms with van der Waals surface area (Å²) in [6.07, 6.45) is 6.93. The van der Waals surface area contributed by atoms with Crippen molar-refractivity contribution in [2.75, 3.05) is 25.1 Å². The van der Waals surface area contributed by atoms with Crippen molar-refractivity contribution in [1.29, 1.82) is 0 Å². The van der Waals surface area contributed by atoms with Gasteiger partial charge in [0.05, 0.1) is 7.11 Å². The molecule has 2 nitrogen and oxygen atoms in total. The average molecular weight is 287 g/mol. The first-order valence-electron chi connectivity index (χ1n) is 7.74. The van der Waals surface area contributed by atoms with E-state index in [1.165, 1.54) is 16.8 Å². The number of hydrogen-bond acceptors (Lipinski definition) is 2. The number of hydrogen-bond donors (Lipinski definition) is 0. The lowest BCUT2D eigenvalue weighted by molar-refractivity contribution is 0.415. The van der Waals surface area contributed by atoms with Crippen molar-refractivity contribution in [3.05, 3.63) is 47.6 Å². The molecule has 0 saturated heterocycles. The van der Waals surface area contributed by atoms with Gasteiger partial charge in [-0.15, -0.1) is 0 Å². The summed E-state index contributed by atoms with van der Waals surface area (Å²) in [5.74, 6) is 0.906. The lowest BCUT2D eigenvalue weighted by atomic mass is 10.1. The summed E-state index contributed by atoms with van der Waals surface area (Å²) in [7, 11) is 1.70. The fourth-order valence-corrected chi connectivity index (χ4v) is 2.17. The number of allylic oxidation sites excluding steroid dienone is 3. The summed E-state index contributed by atoms with van der Waals surface area (Å²) >= 11 is 0. The predicted molar refractivity (Wildman–Crippen MR) is 93.3 cm³/mol. The summed E-state index contributed by atoms with van der Waals surface area (Å²) in [6, 6.07) is 8.27. The minimum Gasteiger partial charge on any atom is -0.497 e. The zero-order valence-corrected chi connectivity index (χ0v) is 14.1. The summed E-state index contributed by atoms with van der Waals surface area (Å²) in [5.41, 5.74) is 4.10. The molecule has 0 unspecified atom stereocenters. The van der Waals surface area contributed by atoms with Gasteiger partial charge in [-0.1, -0.05) is 23.3 Å². The highest BCUT2D eigenvalue weighted by Gasteiger charge is 2.03. The molecule has 0 amide bonds. The lowest BCUT2D eigenvalue weighted by Gasteiger charge is -2.22. The third-order valence-corrected chi connectivity index (χ3v) is 3.57. The zero-order valence-electron chi connectivity index (χ0n) is 14.1. The van der Waals surface area contributed by atoms with E-state index in [1.807, 2.05) is 12.1 Å². The monoisotopic (exact) mass is 287 g/mol. The molecule has 1 rings (SSSR count). The van der Waals surface area contributed by atoms with Gasteiger partial charge in [0.15, 0.2) is 0 Å². The van der Waals surface area contributed by atoms with Gasteiger partial charge in [-0.25, -0.2) is 0 Å². The van der Waals surface area contributed by atoms with Crippen molar-refractivity contribution < 1.29 is 4.74 Å². The molecule has 0 spiro atoms. The Balaban J connectivity index is 2.58. The van der Waals surface area contributed by atoms with Gasteiger partial charge in [0, 0.05) is 18.8 Å². The van der Waals surface area contributed by atoms with E-state index in [9.17, 15) is 0 Å². The van der Waals surface area contributed by atoms with Crippen LogP contribution >= 0.6 is 0 Å². The zero-order chi connectivity index (χ0) is 15.7. The maximum absolute atomic E-state index is 5.21. The van der Waals surface area contributed by atoms with Gasteiger partial charge >= 0.3 is 0 Å². The minimum absolute atomic E-state index is 0.906. The van der Waals surface area contributed by atoms with Crippen LogP contribution in [0.15, 0.2) is 47.6 Å². The Kier molecular flexibility index (Phi) is 7.66. The molecule has 1 aromatic rings. The molecule has 1 aromatic carbocycles. The molecule has 0 saturated carbocycles. The molecule has 2 heteroatoms. The summed E-state index contributed by atoms with van der Waals surface area (Å²) < 4.78 is 5.21. The van der Waals surface area contributed by atoms with Crippen molar-refractivity contribution in [1.82, 2.24) is 0 Å². The van der Waals surface area contributed by atoms with E-state index in [2.05, 4.69) is 56.9 Å². The van der Waals surface area contributed by atoms with Crippen LogP contribution in [0.3, 0.4) is 0 Å². The van der Waals surface area contributed by atoms with E-state index in [4.69, 9.17) is 4.74 Å². The van der Waals surface area contributed by atoms with Crippen molar-refractivity contribution >= 4 is 5.69 Å². The molecule has 0 aliphatic rings. The first kappa shape index (κ1) is 17.4. The topological polar surface area (TPSA) is 12.5 Å². The predicted octanol–water partition coefficient (Wildman–Crippen LogP) is 5.21. The molecule has 116 valence electrons. The van der Waals surface area contributed by atoms with Gasteiger partial charge in [0.2, 0.25) is 0 Å². The normalized spacial score (nSPS) is 11.2. The van der Waals surface area contributed by atoms with Crippen LogP contribution < -0.4 is 9.64 Å². The van der Waals surface area contributed by atoms with Crippen molar-refractivity contribution in [3.63, 3.8) is 0 Å². The van der Waals surface area contributed by atoms with Crippen molar-refractivity contribution in [2.45, 2.75) is 40.5 Å². The molecule has 0 aromatic heterocycles. The third-order valence-electron chi connectivity index (χ3n) is 3.57. The van der Waals surface area contributed by atoms with E-state index < -0.39 is 0 Å². The van der Waals surface area contributed by atoms with Gasteiger partial charge in [-0.3, -0.25) is 0 Å². The van der Waals surface area contributed by atoms with E-state index in [0.29, 0.717) is 0 Å². The second-order valence-corrected chi connectivity index (χ2v) is 5.61. The fourth-order valence-electron chi connectivity index (χ4n) is 2.17. The molecule has 0 radical (unpaired) electrons. The smallest absolute Gasteiger partial charge is 0.119 e. The van der Waals surface area contributed by atoms with E-state index in [-0.39, 0.29) is 0 Å². The standard InChI is InChI=1S/C19H29NO/c1-6-20(18-10-12-19(21-5)13-11-18)15-14-17(4)9-7-8-16(2)3/h8,10-14H,6-7,9,15H2,1-5H3/b17-14+. The largest absolute Gasteiger partial charge is 0.497 e. The summed E-state index contributed by atoms with van der Waals surface area (Å²) in [4.78, 5) is 2.36. The number of nitrogens with zero attached hydrogens (tertiary/aromatic N) is 1. The summed E-state index contributed by atoms with van der Waals surface area (Å²) in [5, 5.41) is 0. The Labute approximate surface area is 130 Å². The molecule has 0 atom stereocenters. The SMILES string of the molecule is CCN(C/C=C(\C)CCC=C(C)C)c1ccc(OC)cc1. The molecule has 0 aliphatic carbocycles. The summed E-state index contributed by atoms with van der Waals surface area (Å²) in [6.45, 7) is 10.7. The van der Waals surface area contributed by atoms with Crippen LogP contribution in [-0.2, 0) is 0 Å². The van der Waals surface area contributed by atoms with E-state index >= 15 is 0 Å². The number of ether oxygens (including phenoxy) is 1. The highest BCUT2D eigenvalue weighted by atomic mass is 16.5. The van der Waals surface area contributed by atoms with E-state index in [1.54, 1.807) is 7.11 Å². The van der Waals surface area contributed by atoms with Gasteiger partial charge in [0.25, 0.3) is 0 Å². The van der Waals surface area contributed by atoms with Gasteiger partial charge in [-0.05, 0) is 64.8 Å². The Morgan fingerprint density at radius 1 is 1.10 bits per heavy atom. The highest BCUT2D eigenvalue weighted by molar-refractivity contribution is 5.49. The molecule has 0 aliphatic heterocycles. The Bertz CT molecular complexity index is 467. The minimum atomic E-state index is 0.906. The number of likely N-dealkylation sites (N-methyl/N-ethyl adjacent to an activating group) is 1. The Morgan fingerprint density at radius 2 is 1.76 bits per heavy atom. The molecule has 0 bridgehead atoms. The van der Waals surface area contributed by atoms with Crippen molar-refractivity contribution in [3.8, 4) is 5.75 Å². The maximum Gasteiger partial charge on any atom is 0.119 e. The first-order chi connectivity index (χ1) is 10.1. The highest BCUT2D eigenvalue weighted by Crippen LogP contribution is 2.19. The maximum atomic E-state index is 5.21. The molecule has 0 heterocycles. The third kappa shape index (κ3) is 6.52. The first-order valence-corrected chi connectivity index (χ1v) is 7.74. The Morgan fingerprint density at radius 3 is 2.29 bits per heavy atom. The Hall–Kier alpha value is -1.70. The van der Waals surface area contributed by atoms with Crippen LogP contribution in [0.25, 0.3) is 0 Å². The molecule has 21 heavy (non-hydrogen) atoms. The molecule has 0 N–H and O–H groups in total. The quantitative estimate of drug-likeness (QED) is 0.608. The average Bonchev–Trinajstić information content (AvgIpc) is 2.48. The second-order valence-electron chi connectivity index (χ2n) is 5.61. The van der Waals surface area contributed by atoms with Gasteiger partial charge in [-0.2, -0.15) is 0 Å². The van der Waals surface area contributed by atoms with Gasteiger partial charge < -0.3 is 9.64 Å². The van der Waals surface area contributed by atoms with Crippen LogP contribution in [-0.4, -0.2) is 20.2 Å². The number of anilines is 1. The molecular formula is C19H29NO. The number of rotatable bonds is 8. The molecule has 0 fully saturated rings. The van der Waals surface area contributed by atoms with Crippen LogP contribution in [0.4, 0.5) is 5.69 Å². The number of benzene rings is 1. The van der Waals surface area contributed by atoms with Crippen LogP contribution in [0.1, 0.15) is 40.5 Å². The second kappa shape index (κ2) is 9.28. The van der Waals surface area contributed by atoms with E-state index in [0.717, 1.165) is 31.7 Å². The lowest BCUT2D eigenvalue weighted by Crippen LogP contribution is -2.22. The van der Waals surface area contributed by atoms with Crippen molar-refractivity contribution in [2.24, 2.45) is 0 Å². The fraction of sp³-hybridized carbons (Fsp3) is 0.474. The van der Waals surface area contributed by atoms with Crippen LogP contribution in [0.5, 0.6) is 5.75 Å². The van der Waals surface area contributed by atoms with Crippen LogP contribution in [0.2, 0.25) is 0 Å². The number of methoxy groups -OCH3 is 1. The van der Waals surface area contributed by atoms with Gasteiger partial charge in [0.1, 0.15) is 5.75 Å². The molecular weight excluding hydrogens is 258 g/mol.